The van der Waals surface area contributed by atoms with Crippen molar-refractivity contribution in [2.45, 2.75) is 0 Å². The monoisotopic (exact) mass is 745 g/mol. The van der Waals surface area contributed by atoms with Crippen LogP contribution in [-0.4, -0.2) is 0 Å². The van der Waals surface area contributed by atoms with Gasteiger partial charge in [-0.15, -0.1) is 11.3 Å². The number of anilines is 3. The Balaban J connectivity index is 1.11. The summed E-state index contributed by atoms with van der Waals surface area (Å²) in [6.07, 6.45) is 0. The van der Waals surface area contributed by atoms with Gasteiger partial charge in [0.05, 0.1) is 5.69 Å². The predicted molar refractivity (Wildman–Crippen MR) is 243 cm³/mol. The Morgan fingerprint density at radius 2 is 0.877 bits per heavy atom. The van der Waals surface area contributed by atoms with E-state index in [9.17, 15) is 0 Å². The lowest BCUT2D eigenvalue weighted by atomic mass is 9.94. The molecule has 0 aliphatic rings. The molecule has 268 valence electrons. The van der Waals surface area contributed by atoms with Gasteiger partial charge < -0.3 is 9.32 Å². The maximum atomic E-state index is 6.46. The Hall–Kier alpha value is -7.20. The zero-order valence-electron chi connectivity index (χ0n) is 31.0. The van der Waals surface area contributed by atoms with Gasteiger partial charge in [-0.3, -0.25) is 0 Å². The molecule has 2 heterocycles. The fourth-order valence-corrected chi connectivity index (χ4v) is 9.48. The van der Waals surface area contributed by atoms with Gasteiger partial charge in [0.15, 0.2) is 0 Å². The van der Waals surface area contributed by atoms with Crippen molar-refractivity contribution in [1.29, 1.82) is 0 Å². The molecule has 0 amide bonds. The van der Waals surface area contributed by atoms with Gasteiger partial charge in [-0.25, -0.2) is 0 Å². The van der Waals surface area contributed by atoms with E-state index in [0.717, 1.165) is 50.1 Å². The number of para-hydroxylation sites is 2. The molecular weight excluding hydrogens is 711 g/mol. The quantitative estimate of drug-likeness (QED) is 0.162. The van der Waals surface area contributed by atoms with Crippen molar-refractivity contribution >= 4 is 70.5 Å². The zero-order valence-corrected chi connectivity index (χ0v) is 31.8. The number of hydrogen-bond donors (Lipinski definition) is 0. The summed E-state index contributed by atoms with van der Waals surface area (Å²) in [6.45, 7) is 0. The number of benzene rings is 9. The van der Waals surface area contributed by atoms with E-state index in [1.54, 1.807) is 0 Å². The summed E-state index contributed by atoms with van der Waals surface area (Å²) < 4.78 is 9.02. The summed E-state index contributed by atoms with van der Waals surface area (Å²) >= 11 is 1.86. The molecule has 11 aromatic rings. The molecular formula is C54H35NOS. The predicted octanol–water partition coefficient (Wildman–Crippen LogP) is 16.1. The fraction of sp³-hybridized carbons (Fsp3) is 0. The minimum absolute atomic E-state index is 0.905. The molecule has 0 fully saturated rings. The molecule has 0 unspecified atom stereocenters. The van der Waals surface area contributed by atoms with Crippen molar-refractivity contribution in [3.63, 3.8) is 0 Å². The van der Waals surface area contributed by atoms with Gasteiger partial charge in [-0.1, -0.05) is 164 Å². The van der Waals surface area contributed by atoms with Crippen LogP contribution >= 0.6 is 11.3 Å². The molecule has 3 heteroatoms. The molecule has 0 aliphatic carbocycles. The second-order valence-corrected chi connectivity index (χ2v) is 15.5. The lowest BCUT2D eigenvalue weighted by molar-refractivity contribution is 0.670. The normalized spacial score (nSPS) is 11.5. The Morgan fingerprint density at radius 3 is 1.56 bits per heavy atom. The first-order valence-corrected chi connectivity index (χ1v) is 20.1. The van der Waals surface area contributed by atoms with Gasteiger partial charge in [0.25, 0.3) is 0 Å². The average molecular weight is 746 g/mol. The van der Waals surface area contributed by atoms with E-state index in [-0.39, 0.29) is 0 Å². The van der Waals surface area contributed by atoms with Crippen LogP contribution in [-0.2, 0) is 0 Å². The lowest BCUT2D eigenvalue weighted by Gasteiger charge is -2.29. The van der Waals surface area contributed by atoms with Crippen molar-refractivity contribution < 1.29 is 4.42 Å². The van der Waals surface area contributed by atoms with Crippen molar-refractivity contribution in [3.8, 4) is 44.5 Å². The highest BCUT2D eigenvalue weighted by molar-refractivity contribution is 7.26. The van der Waals surface area contributed by atoms with Crippen LogP contribution in [0.5, 0.6) is 0 Å². The lowest BCUT2D eigenvalue weighted by Crippen LogP contribution is -2.11. The highest BCUT2D eigenvalue weighted by Gasteiger charge is 2.23. The second-order valence-electron chi connectivity index (χ2n) is 14.5. The Morgan fingerprint density at radius 1 is 0.351 bits per heavy atom. The number of rotatable bonds is 7. The first-order valence-electron chi connectivity index (χ1n) is 19.3. The van der Waals surface area contributed by atoms with Crippen molar-refractivity contribution in [2.75, 3.05) is 4.90 Å². The third kappa shape index (κ3) is 5.80. The molecule has 0 saturated heterocycles. The maximum absolute atomic E-state index is 6.46. The van der Waals surface area contributed by atoms with Crippen LogP contribution in [0, 0.1) is 0 Å². The SMILES string of the molecule is c1ccc(-c2ccc(-c3c(N(c4ccc(-c5ccccc5)cc4)c4ccc(-c5cccc6c5oc5ccccc56)cc4)ccc4sc5ccccc5c34)cc2)cc1. The molecule has 0 radical (unpaired) electrons. The summed E-state index contributed by atoms with van der Waals surface area (Å²) in [4.78, 5) is 2.42. The standard InChI is InChI=1S/C54H35NOS/c1-3-12-36(13-4-1)38-22-24-41(25-23-38)52-48(34-35-51-53(52)47-17-8-10-21-50(47)57-51)55(42-30-26-39(27-31-42)37-14-5-2-6-15-37)43-32-28-40(29-33-43)44-18-11-19-46-45-16-7-9-20-49(45)56-54(44)46/h1-35H. The van der Waals surface area contributed by atoms with E-state index in [1.807, 2.05) is 23.5 Å². The summed E-state index contributed by atoms with van der Waals surface area (Å²) in [6, 6.07) is 76.4. The maximum Gasteiger partial charge on any atom is 0.143 e. The van der Waals surface area contributed by atoms with Gasteiger partial charge in [0.1, 0.15) is 11.2 Å². The number of hydrogen-bond acceptors (Lipinski definition) is 3. The smallest absolute Gasteiger partial charge is 0.143 e. The third-order valence-electron chi connectivity index (χ3n) is 11.1. The van der Waals surface area contributed by atoms with Crippen LogP contribution in [0.3, 0.4) is 0 Å². The number of thiophene rings is 1. The van der Waals surface area contributed by atoms with Crippen molar-refractivity contribution in [1.82, 2.24) is 0 Å². The minimum atomic E-state index is 0.905. The minimum Gasteiger partial charge on any atom is -0.455 e. The summed E-state index contributed by atoms with van der Waals surface area (Å²) in [5, 5.41) is 4.82. The van der Waals surface area contributed by atoms with Crippen LogP contribution in [0.25, 0.3) is 86.6 Å². The molecule has 0 aliphatic heterocycles. The average Bonchev–Trinajstić information content (AvgIpc) is 3.86. The molecule has 2 nitrogen and oxygen atoms in total. The van der Waals surface area contributed by atoms with E-state index in [4.69, 9.17) is 4.42 Å². The fourth-order valence-electron chi connectivity index (χ4n) is 8.37. The third-order valence-corrected chi connectivity index (χ3v) is 12.3. The molecule has 2 aromatic heterocycles. The molecule has 57 heavy (non-hydrogen) atoms. The first kappa shape index (κ1) is 33.2. The van der Waals surface area contributed by atoms with Crippen molar-refractivity contribution in [3.05, 3.63) is 212 Å². The highest BCUT2D eigenvalue weighted by Crippen LogP contribution is 2.49. The second kappa shape index (κ2) is 13.8. The van der Waals surface area contributed by atoms with Crippen LogP contribution in [0.2, 0.25) is 0 Å². The van der Waals surface area contributed by atoms with E-state index in [0.29, 0.717) is 0 Å². The van der Waals surface area contributed by atoms with Gasteiger partial charge in [0, 0.05) is 53.4 Å². The molecule has 0 atom stereocenters. The first-order chi connectivity index (χ1) is 28.3. The summed E-state index contributed by atoms with van der Waals surface area (Å²) in [5.41, 5.74) is 14.5. The van der Waals surface area contributed by atoms with E-state index < -0.39 is 0 Å². The van der Waals surface area contributed by atoms with Gasteiger partial charge in [0.2, 0.25) is 0 Å². The van der Waals surface area contributed by atoms with Crippen molar-refractivity contribution in [2.24, 2.45) is 0 Å². The number of nitrogens with zero attached hydrogens (tertiary/aromatic N) is 1. The highest BCUT2D eigenvalue weighted by atomic mass is 32.1. The molecule has 0 N–H and O–H groups in total. The zero-order chi connectivity index (χ0) is 37.7. The van der Waals surface area contributed by atoms with Crippen LogP contribution in [0.15, 0.2) is 217 Å². The Kier molecular flexibility index (Phi) is 8.04. The topological polar surface area (TPSA) is 16.4 Å². The number of fused-ring (bicyclic) bond motifs is 6. The molecule has 9 aromatic carbocycles. The van der Waals surface area contributed by atoms with Gasteiger partial charge in [-0.2, -0.15) is 0 Å². The summed E-state index contributed by atoms with van der Waals surface area (Å²) in [7, 11) is 0. The van der Waals surface area contributed by atoms with Crippen LogP contribution in [0.4, 0.5) is 17.1 Å². The Bertz CT molecular complexity index is 3200. The van der Waals surface area contributed by atoms with Crippen LogP contribution in [0.1, 0.15) is 0 Å². The molecule has 0 bridgehead atoms. The number of furan rings is 1. The molecule has 0 spiro atoms. The summed E-state index contributed by atoms with van der Waals surface area (Å²) in [5.74, 6) is 0. The van der Waals surface area contributed by atoms with E-state index in [1.165, 1.54) is 53.6 Å². The molecule has 0 saturated carbocycles. The molecule has 11 rings (SSSR count). The van der Waals surface area contributed by atoms with Crippen LogP contribution < -0.4 is 4.90 Å². The van der Waals surface area contributed by atoms with E-state index >= 15 is 0 Å². The van der Waals surface area contributed by atoms with Gasteiger partial charge in [-0.05, 0) is 81.9 Å². The largest absolute Gasteiger partial charge is 0.455 e. The Labute approximate surface area is 335 Å². The van der Waals surface area contributed by atoms with E-state index in [2.05, 4.69) is 205 Å². The van der Waals surface area contributed by atoms with Gasteiger partial charge >= 0.3 is 0 Å².